The first kappa shape index (κ1) is 6.47. The summed E-state index contributed by atoms with van der Waals surface area (Å²) in [4.78, 5) is 9.90. The average Bonchev–Trinajstić information content (AvgIpc) is 1.65. The lowest BCUT2D eigenvalue weighted by molar-refractivity contribution is -0.139. The van der Waals surface area contributed by atoms with E-state index in [-0.39, 0.29) is 5.92 Å². The Hall–Kier alpha value is -0.530. The molecule has 0 aromatic rings. The fourth-order valence-electron chi connectivity index (χ4n) is 0.143. The van der Waals surface area contributed by atoms with Crippen molar-refractivity contribution in [1.29, 1.82) is 0 Å². The molecule has 2 heteroatoms. The molecule has 0 amide bonds. The fourth-order valence-corrected chi connectivity index (χ4v) is 0.143. The van der Waals surface area contributed by atoms with Gasteiger partial charge in [0.15, 0.2) is 0 Å². The third kappa shape index (κ3) is 2.20. The second-order valence-corrected chi connectivity index (χ2v) is 1.46. The minimum absolute atomic E-state index is 0.306. The highest BCUT2D eigenvalue weighted by molar-refractivity contribution is 5.70. The molecule has 2 nitrogen and oxygen atoms in total. The van der Waals surface area contributed by atoms with Gasteiger partial charge in [0.2, 0.25) is 0 Å². The summed E-state index contributed by atoms with van der Waals surface area (Å²) in [7, 11) is 0. The summed E-state index contributed by atoms with van der Waals surface area (Å²) in [6, 6.07) is 0. The Morgan fingerprint density at radius 1 is 1.86 bits per heavy atom. The van der Waals surface area contributed by atoms with E-state index in [1.807, 2.05) is 0 Å². The fraction of sp³-hybridized carbons (Fsp3) is 0.600. The molecule has 0 heterocycles. The number of rotatable bonds is 2. The number of hydrogen-bond donors (Lipinski definition) is 1. The van der Waals surface area contributed by atoms with Crippen LogP contribution in [0.15, 0.2) is 0 Å². The van der Waals surface area contributed by atoms with Gasteiger partial charge in [0.05, 0.1) is 5.92 Å². The predicted molar refractivity (Wildman–Crippen MR) is 26.8 cm³/mol. The van der Waals surface area contributed by atoms with E-state index in [2.05, 4.69) is 0 Å². The first-order valence-electron chi connectivity index (χ1n) is 2.20. The highest BCUT2D eigenvalue weighted by atomic mass is 16.4. The summed E-state index contributed by atoms with van der Waals surface area (Å²) in [6.45, 7) is 3.38. The lowest BCUT2D eigenvalue weighted by atomic mass is 10.1. The van der Waals surface area contributed by atoms with Gasteiger partial charge in [0.1, 0.15) is 0 Å². The molecule has 7 heavy (non-hydrogen) atoms. The van der Waals surface area contributed by atoms with E-state index in [1.54, 1.807) is 20.3 Å². The van der Waals surface area contributed by atoms with Crippen molar-refractivity contribution in [1.82, 2.24) is 0 Å². The topological polar surface area (TPSA) is 37.3 Å². The van der Waals surface area contributed by atoms with Crippen molar-refractivity contribution < 1.29 is 9.90 Å². The van der Waals surface area contributed by atoms with Gasteiger partial charge >= 0.3 is 5.97 Å². The Kier molecular flexibility index (Phi) is 2.41. The minimum Gasteiger partial charge on any atom is -0.481 e. The SMILES string of the molecule is C[CH]C(C)C(=O)O. The minimum atomic E-state index is -0.762. The Morgan fingerprint density at radius 3 is 2.29 bits per heavy atom. The van der Waals surface area contributed by atoms with Crippen LogP contribution in [0, 0.1) is 12.3 Å². The van der Waals surface area contributed by atoms with Gasteiger partial charge in [-0.25, -0.2) is 0 Å². The van der Waals surface area contributed by atoms with Crippen molar-refractivity contribution >= 4 is 5.97 Å². The largest absolute Gasteiger partial charge is 0.481 e. The molecule has 0 aromatic carbocycles. The molecule has 0 aliphatic heterocycles. The molecule has 0 saturated heterocycles. The van der Waals surface area contributed by atoms with Crippen LogP contribution in [0.3, 0.4) is 0 Å². The second-order valence-electron chi connectivity index (χ2n) is 1.46. The lowest BCUT2D eigenvalue weighted by Crippen LogP contribution is -2.07. The molecule has 0 rings (SSSR count). The highest BCUT2D eigenvalue weighted by Crippen LogP contribution is 1.96. The molecule has 1 radical (unpaired) electrons. The summed E-state index contributed by atoms with van der Waals surface area (Å²) in [6.07, 6.45) is 1.64. The summed E-state index contributed by atoms with van der Waals surface area (Å²) in [5, 5.41) is 8.15. The van der Waals surface area contributed by atoms with Gasteiger partial charge in [-0.2, -0.15) is 0 Å². The van der Waals surface area contributed by atoms with Crippen LogP contribution in [0.1, 0.15) is 13.8 Å². The maximum atomic E-state index is 9.90. The molecule has 1 atom stereocenters. The van der Waals surface area contributed by atoms with Crippen LogP contribution in [0.25, 0.3) is 0 Å². The number of carboxylic acids is 1. The monoisotopic (exact) mass is 101 g/mol. The highest BCUT2D eigenvalue weighted by Gasteiger charge is 2.05. The Morgan fingerprint density at radius 2 is 2.29 bits per heavy atom. The van der Waals surface area contributed by atoms with Crippen molar-refractivity contribution in [2.75, 3.05) is 0 Å². The predicted octanol–water partition coefficient (Wildman–Crippen LogP) is 0.931. The molecule has 0 bridgehead atoms. The standard InChI is InChI=1S/C5H9O2/c1-3-4(2)5(6)7/h3-4H,1-2H3,(H,6,7). The van der Waals surface area contributed by atoms with Crippen molar-refractivity contribution in [2.45, 2.75) is 13.8 Å². The van der Waals surface area contributed by atoms with Gasteiger partial charge in [-0.05, 0) is 6.42 Å². The molecule has 1 N–H and O–H groups in total. The maximum Gasteiger partial charge on any atom is 0.306 e. The average molecular weight is 101 g/mol. The molecular formula is C5H9O2. The molecule has 0 aliphatic carbocycles. The molecular weight excluding hydrogens is 92.1 g/mol. The van der Waals surface area contributed by atoms with Crippen LogP contribution in [0.2, 0.25) is 0 Å². The summed E-state index contributed by atoms with van der Waals surface area (Å²) in [5.41, 5.74) is 0. The zero-order chi connectivity index (χ0) is 5.86. The van der Waals surface area contributed by atoms with E-state index in [4.69, 9.17) is 5.11 Å². The first-order valence-corrected chi connectivity index (χ1v) is 2.20. The number of carboxylic acid groups (broad SMARTS) is 1. The van der Waals surface area contributed by atoms with E-state index >= 15 is 0 Å². The Bertz CT molecular complexity index is 68.5. The molecule has 0 aromatic heterocycles. The zero-order valence-electron chi connectivity index (χ0n) is 4.51. The van der Waals surface area contributed by atoms with E-state index in [0.717, 1.165) is 0 Å². The van der Waals surface area contributed by atoms with Crippen molar-refractivity contribution in [3.8, 4) is 0 Å². The van der Waals surface area contributed by atoms with Crippen LogP contribution >= 0.6 is 0 Å². The van der Waals surface area contributed by atoms with Crippen LogP contribution < -0.4 is 0 Å². The summed E-state index contributed by atoms with van der Waals surface area (Å²) in [5.74, 6) is -1.07. The van der Waals surface area contributed by atoms with Gasteiger partial charge in [0, 0.05) is 0 Å². The van der Waals surface area contributed by atoms with Crippen LogP contribution in [0.4, 0.5) is 0 Å². The maximum absolute atomic E-state index is 9.90. The molecule has 0 aliphatic rings. The van der Waals surface area contributed by atoms with Crippen molar-refractivity contribution in [2.24, 2.45) is 5.92 Å². The van der Waals surface area contributed by atoms with Crippen molar-refractivity contribution in [3.05, 3.63) is 6.42 Å². The number of hydrogen-bond acceptors (Lipinski definition) is 1. The quantitative estimate of drug-likeness (QED) is 0.561. The van der Waals surface area contributed by atoms with E-state index < -0.39 is 5.97 Å². The summed E-state index contributed by atoms with van der Waals surface area (Å²) < 4.78 is 0. The summed E-state index contributed by atoms with van der Waals surface area (Å²) >= 11 is 0. The van der Waals surface area contributed by atoms with Crippen LogP contribution in [-0.4, -0.2) is 11.1 Å². The molecule has 0 saturated carbocycles. The molecule has 0 spiro atoms. The van der Waals surface area contributed by atoms with Crippen LogP contribution in [-0.2, 0) is 4.79 Å². The van der Waals surface area contributed by atoms with Gasteiger partial charge in [-0.3, -0.25) is 4.79 Å². The lowest BCUT2D eigenvalue weighted by Gasteiger charge is -1.96. The number of aliphatic carboxylic acids is 1. The number of carbonyl (C=O) groups is 1. The Labute approximate surface area is 43.2 Å². The molecule has 41 valence electrons. The van der Waals surface area contributed by atoms with Crippen molar-refractivity contribution in [3.63, 3.8) is 0 Å². The van der Waals surface area contributed by atoms with Gasteiger partial charge < -0.3 is 5.11 Å². The third-order valence-corrected chi connectivity index (χ3v) is 0.890. The van der Waals surface area contributed by atoms with E-state index in [1.165, 1.54) is 0 Å². The smallest absolute Gasteiger partial charge is 0.306 e. The normalized spacial score (nSPS) is 13.4. The Balaban J connectivity index is 3.34. The second kappa shape index (κ2) is 2.61. The van der Waals surface area contributed by atoms with Crippen LogP contribution in [0.5, 0.6) is 0 Å². The van der Waals surface area contributed by atoms with Gasteiger partial charge in [-0.1, -0.05) is 13.8 Å². The first-order chi connectivity index (χ1) is 3.18. The van der Waals surface area contributed by atoms with E-state index in [0.29, 0.717) is 0 Å². The third-order valence-electron chi connectivity index (χ3n) is 0.890. The van der Waals surface area contributed by atoms with Gasteiger partial charge in [-0.15, -0.1) is 0 Å². The van der Waals surface area contributed by atoms with E-state index in [9.17, 15) is 4.79 Å². The molecule has 0 fully saturated rings. The zero-order valence-corrected chi connectivity index (χ0v) is 4.51. The molecule has 1 unspecified atom stereocenters. The van der Waals surface area contributed by atoms with Gasteiger partial charge in [0.25, 0.3) is 0 Å².